The van der Waals surface area contributed by atoms with Crippen LogP contribution in [0.15, 0.2) is 29.4 Å². The summed E-state index contributed by atoms with van der Waals surface area (Å²) in [6, 6.07) is 5.94. The molecule has 9 nitrogen and oxygen atoms in total. The van der Waals surface area contributed by atoms with Crippen LogP contribution >= 0.6 is 0 Å². The van der Waals surface area contributed by atoms with Crippen LogP contribution in [0.4, 0.5) is 0 Å². The largest absolute Gasteiger partial charge is 0.465 e. The zero-order chi connectivity index (χ0) is 20.3. The van der Waals surface area contributed by atoms with Gasteiger partial charge in [-0.15, -0.1) is 0 Å². The van der Waals surface area contributed by atoms with Crippen LogP contribution in [-0.4, -0.2) is 61.6 Å². The number of ether oxygens (including phenoxy) is 2. The SMILES string of the molecule is COC(=O)c1cccc(COC(=O)C2=NN(C3CCS(=O)(=O)C3)C(=O)CC2)c1. The average Bonchev–Trinajstić information content (AvgIpc) is 3.05. The standard InChI is InChI=1S/C18H20N2O7S/c1-26-17(22)13-4-2-3-12(9-13)10-27-18(23)15-5-6-16(21)20(19-15)14-7-8-28(24,25)11-14/h2-4,9,14H,5-8,10-11H2,1H3. The summed E-state index contributed by atoms with van der Waals surface area (Å²) in [6.45, 7) is -0.0750. The van der Waals surface area contributed by atoms with E-state index in [4.69, 9.17) is 4.74 Å². The number of nitrogens with zero attached hydrogens (tertiary/aromatic N) is 2. The summed E-state index contributed by atoms with van der Waals surface area (Å²) in [5, 5.41) is 5.18. The Morgan fingerprint density at radius 3 is 2.71 bits per heavy atom. The highest BCUT2D eigenvalue weighted by Crippen LogP contribution is 2.22. The van der Waals surface area contributed by atoms with Gasteiger partial charge in [-0.1, -0.05) is 12.1 Å². The molecule has 2 aliphatic rings. The van der Waals surface area contributed by atoms with Gasteiger partial charge in [0.2, 0.25) is 5.91 Å². The topological polar surface area (TPSA) is 119 Å². The number of sulfone groups is 1. The summed E-state index contributed by atoms with van der Waals surface area (Å²) in [6.07, 6.45) is 0.512. The lowest BCUT2D eigenvalue weighted by Crippen LogP contribution is -2.42. The summed E-state index contributed by atoms with van der Waals surface area (Å²) in [5.41, 5.74) is 1.01. The minimum Gasteiger partial charge on any atom is -0.465 e. The van der Waals surface area contributed by atoms with Gasteiger partial charge in [-0.2, -0.15) is 5.10 Å². The monoisotopic (exact) mass is 408 g/mol. The van der Waals surface area contributed by atoms with Crippen LogP contribution in [0.5, 0.6) is 0 Å². The maximum Gasteiger partial charge on any atom is 0.354 e. The first-order valence-electron chi connectivity index (χ1n) is 8.73. The first-order valence-corrected chi connectivity index (χ1v) is 10.6. The quantitative estimate of drug-likeness (QED) is 0.657. The maximum atomic E-state index is 12.3. The van der Waals surface area contributed by atoms with Gasteiger partial charge in [-0.3, -0.25) is 4.79 Å². The van der Waals surface area contributed by atoms with Crippen molar-refractivity contribution in [2.45, 2.75) is 31.9 Å². The van der Waals surface area contributed by atoms with E-state index in [0.717, 1.165) is 5.01 Å². The van der Waals surface area contributed by atoms with Gasteiger partial charge in [-0.05, 0) is 24.1 Å². The number of hydrogen-bond donors (Lipinski definition) is 0. The minimum atomic E-state index is -3.18. The highest BCUT2D eigenvalue weighted by Gasteiger charge is 2.37. The van der Waals surface area contributed by atoms with E-state index >= 15 is 0 Å². The van der Waals surface area contributed by atoms with Crippen molar-refractivity contribution in [1.82, 2.24) is 5.01 Å². The Morgan fingerprint density at radius 1 is 1.25 bits per heavy atom. The molecule has 0 radical (unpaired) electrons. The van der Waals surface area contributed by atoms with Crippen LogP contribution in [-0.2, 0) is 35.5 Å². The van der Waals surface area contributed by atoms with Crippen LogP contribution in [0.3, 0.4) is 0 Å². The third kappa shape index (κ3) is 4.56. The van der Waals surface area contributed by atoms with E-state index in [9.17, 15) is 22.8 Å². The molecule has 0 aliphatic carbocycles. The summed E-state index contributed by atoms with van der Waals surface area (Å²) in [7, 11) is -1.91. The Morgan fingerprint density at radius 2 is 2.04 bits per heavy atom. The number of benzene rings is 1. The fraction of sp³-hybridized carbons (Fsp3) is 0.444. The molecule has 2 heterocycles. The molecule has 0 N–H and O–H groups in total. The summed E-state index contributed by atoms with van der Waals surface area (Å²) in [5.74, 6) is -1.62. The van der Waals surface area contributed by atoms with Crippen LogP contribution < -0.4 is 0 Å². The molecule has 10 heteroatoms. The van der Waals surface area contributed by atoms with Gasteiger partial charge >= 0.3 is 11.9 Å². The van der Waals surface area contributed by atoms with Crippen molar-refractivity contribution in [3.05, 3.63) is 35.4 Å². The van der Waals surface area contributed by atoms with Gasteiger partial charge in [0.25, 0.3) is 0 Å². The molecule has 1 amide bonds. The molecular formula is C18H20N2O7S. The van der Waals surface area contributed by atoms with Gasteiger partial charge in [0, 0.05) is 12.8 Å². The Labute approximate surface area is 162 Å². The lowest BCUT2D eigenvalue weighted by atomic mass is 10.1. The second-order valence-corrected chi connectivity index (χ2v) is 8.84. The molecular weight excluding hydrogens is 388 g/mol. The number of methoxy groups -OCH3 is 1. The molecule has 28 heavy (non-hydrogen) atoms. The number of amides is 1. The molecule has 2 aliphatic heterocycles. The Bertz CT molecular complexity index is 939. The first kappa shape index (κ1) is 20.0. The second-order valence-electron chi connectivity index (χ2n) is 6.61. The number of hydrogen-bond acceptors (Lipinski definition) is 8. The van der Waals surface area contributed by atoms with Crippen molar-refractivity contribution in [3.8, 4) is 0 Å². The van der Waals surface area contributed by atoms with Crippen molar-refractivity contribution in [1.29, 1.82) is 0 Å². The van der Waals surface area contributed by atoms with E-state index in [1.165, 1.54) is 7.11 Å². The molecule has 150 valence electrons. The molecule has 0 saturated carbocycles. The fourth-order valence-corrected chi connectivity index (χ4v) is 4.80. The molecule has 1 aromatic carbocycles. The molecule has 1 unspecified atom stereocenters. The molecule has 1 atom stereocenters. The number of carbonyl (C=O) groups is 3. The third-order valence-corrected chi connectivity index (χ3v) is 6.32. The van der Waals surface area contributed by atoms with Gasteiger partial charge in [0.05, 0.1) is 30.2 Å². The van der Waals surface area contributed by atoms with E-state index in [1.807, 2.05) is 0 Å². The van der Waals surface area contributed by atoms with Gasteiger partial charge < -0.3 is 9.47 Å². The van der Waals surface area contributed by atoms with Crippen molar-refractivity contribution < 1.29 is 32.3 Å². The van der Waals surface area contributed by atoms with E-state index < -0.39 is 27.8 Å². The third-order valence-electron chi connectivity index (χ3n) is 4.57. The molecule has 1 saturated heterocycles. The van der Waals surface area contributed by atoms with Gasteiger partial charge in [-0.25, -0.2) is 23.0 Å². The Balaban J connectivity index is 1.66. The molecule has 3 rings (SSSR count). The van der Waals surface area contributed by atoms with Crippen LogP contribution in [0.2, 0.25) is 0 Å². The van der Waals surface area contributed by atoms with Crippen molar-refractivity contribution in [2.75, 3.05) is 18.6 Å². The molecule has 1 fully saturated rings. The smallest absolute Gasteiger partial charge is 0.354 e. The first-order chi connectivity index (χ1) is 13.3. The van der Waals surface area contributed by atoms with Crippen molar-refractivity contribution in [3.63, 3.8) is 0 Å². The van der Waals surface area contributed by atoms with Crippen molar-refractivity contribution in [2.24, 2.45) is 5.10 Å². The maximum absolute atomic E-state index is 12.3. The van der Waals surface area contributed by atoms with Gasteiger partial charge in [0.1, 0.15) is 12.3 Å². The molecule has 0 spiro atoms. The Kier molecular flexibility index (Phi) is 5.78. The molecule has 0 bridgehead atoms. The summed E-state index contributed by atoms with van der Waals surface area (Å²) < 4.78 is 33.2. The Hall–Kier alpha value is -2.75. The summed E-state index contributed by atoms with van der Waals surface area (Å²) in [4.78, 5) is 36.0. The van der Waals surface area contributed by atoms with Gasteiger partial charge in [0.15, 0.2) is 9.84 Å². The zero-order valence-corrected chi connectivity index (χ0v) is 16.1. The number of rotatable bonds is 5. The van der Waals surface area contributed by atoms with Crippen molar-refractivity contribution >= 4 is 33.4 Å². The number of hydrazone groups is 1. The van der Waals surface area contributed by atoms with E-state index in [1.54, 1.807) is 24.3 Å². The average molecular weight is 408 g/mol. The number of carbonyl (C=O) groups excluding carboxylic acids is 3. The van der Waals surface area contributed by atoms with Crippen LogP contribution in [0.25, 0.3) is 0 Å². The predicted molar refractivity (Wildman–Crippen MR) is 98.2 cm³/mol. The highest BCUT2D eigenvalue weighted by atomic mass is 32.2. The normalized spacial score (nSPS) is 21.2. The predicted octanol–water partition coefficient (Wildman–Crippen LogP) is 0.682. The van der Waals surface area contributed by atoms with Crippen LogP contribution in [0, 0.1) is 0 Å². The lowest BCUT2D eigenvalue weighted by molar-refractivity contribution is -0.138. The lowest BCUT2D eigenvalue weighted by Gasteiger charge is -2.27. The zero-order valence-electron chi connectivity index (χ0n) is 15.3. The van der Waals surface area contributed by atoms with E-state index in [-0.39, 0.29) is 42.6 Å². The second kappa shape index (κ2) is 8.09. The molecule has 1 aromatic rings. The fourth-order valence-electron chi connectivity index (χ4n) is 3.11. The molecule has 0 aromatic heterocycles. The number of esters is 2. The highest BCUT2D eigenvalue weighted by molar-refractivity contribution is 7.91. The van der Waals surface area contributed by atoms with Crippen LogP contribution in [0.1, 0.15) is 35.2 Å². The van der Waals surface area contributed by atoms with E-state index in [0.29, 0.717) is 17.5 Å². The van der Waals surface area contributed by atoms with E-state index in [2.05, 4.69) is 9.84 Å². The summed E-state index contributed by atoms with van der Waals surface area (Å²) >= 11 is 0. The minimum absolute atomic E-state index is 0.00722.